The predicted molar refractivity (Wildman–Crippen MR) is 136 cm³/mol. The summed E-state index contributed by atoms with van der Waals surface area (Å²) in [6.45, 7) is 14.3. The monoisotopic (exact) mass is 628 g/mol. The van der Waals surface area contributed by atoms with E-state index in [1.165, 1.54) is 11.1 Å². The van der Waals surface area contributed by atoms with E-state index in [0.29, 0.717) is 0 Å². The van der Waals surface area contributed by atoms with Gasteiger partial charge in [-0.15, -0.1) is 0 Å². The van der Waals surface area contributed by atoms with Gasteiger partial charge in [-0.25, -0.2) is 9.59 Å². The minimum absolute atomic E-state index is 0.198. The molecular weight excluding hydrogens is 596 g/mol. The summed E-state index contributed by atoms with van der Waals surface area (Å²) >= 11 is 10.1. The topological polar surface area (TPSA) is 59.1 Å². The molecule has 0 aliphatic carbocycles. The van der Waals surface area contributed by atoms with Gasteiger partial charge in [-0.2, -0.15) is 0 Å². The lowest BCUT2D eigenvalue weighted by molar-refractivity contribution is 0.0226. The van der Waals surface area contributed by atoms with Crippen LogP contribution in [0.3, 0.4) is 0 Å². The number of likely N-dealkylation sites (tertiary alicyclic amines) is 2. The first kappa shape index (κ1) is 28.5. The highest BCUT2D eigenvalue weighted by atomic mass is 79.9. The first-order chi connectivity index (χ1) is 14.2. The fraction of sp³-hybridized carbons (Fsp3) is 0.727. The zero-order valence-corrected chi connectivity index (χ0v) is 24.2. The second-order valence-corrected chi connectivity index (χ2v) is 12.7. The van der Waals surface area contributed by atoms with Gasteiger partial charge in [0.2, 0.25) is 0 Å². The van der Waals surface area contributed by atoms with Crippen molar-refractivity contribution in [1.82, 2.24) is 9.80 Å². The maximum Gasteiger partial charge on any atom is 0.410 e. The van der Waals surface area contributed by atoms with Crippen molar-refractivity contribution in [3.63, 3.8) is 0 Å². The molecule has 0 aromatic heterocycles. The molecule has 2 aliphatic heterocycles. The molecule has 0 N–H and O–H groups in total. The Labute approximate surface area is 212 Å². The lowest BCUT2D eigenvalue weighted by Crippen LogP contribution is -2.40. The molecule has 0 aromatic carbocycles. The van der Waals surface area contributed by atoms with Crippen LogP contribution in [0.25, 0.3) is 0 Å². The van der Waals surface area contributed by atoms with Crippen LogP contribution < -0.4 is 0 Å². The van der Waals surface area contributed by atoms with Crippen LogP contribution in [0.4, 0.5) is 9.59 Å². The number of piperidine rings is 2. The van der Waals surface area contributed by atoms with Crippen molar-refractivity contribution in [3.05, 3.63) is 19.5 Å². The summed E-state index contributed by atoms with van der Waals surface area (Å²) in [5, 5.41) is 0. The Kier molecular flexibility index (Phi) is 11.6. The van der Waals surface area contributed by atoms with Crippen molar-refractivity contribution in [3.8, 4) is 0 Å². The summed E-state index contributed by atoms with van der Waals surface area (Å²) in [5.74, 6) is 0. The number of carbonyl (C=O) groups is 2. The molecule has 2 saturated heterocycles. The van der Waals surface area contributed by atoms with E-state index in [1.807, 2.05) is 46.5 Å². The third-order valence-corrected chi connectivity index (χ3v) is 6.27. The third-order valence-electron chi connectivity index (χ3n) is 4.50. The van der Waals surface area contributed by atoms with E-state index in [9.17, 15) is 9.59 Å². The van der Waals surface area contributed by atoms with Gasteiger partial charge in [0.1, 0.15) is 11.2 Å². The first-order valence-electron chi connectivity index (χ1n) is 10.5. The molecule has 0 bridgehead atoms. The van der Waals surface area contributed by atoms with Gasteiger partial charge in [-0.05, 0) is 110 Å². The molecule has 2 rings (SSSR count). The lowest BCUT2D eigenvalue weighted by Gasteiger charge is -2.31. The highest BCUT2D eigenvalue weighted by molar-refractivity contribution is 9.28. The highest BCUT2D eigenvalue weighted by Crippen LogP contribution is 2.28. The van der Waals surface area contributed by atoms with E-state index < -0.39 is 11.2 Å². The molecule has 2 fully saturated rings. The van der Waals surface area contributed by atoms with Crippen molar-refractivity contribution in [2.45, 2.75) is 78.4 Å². The van der Waals surface area contributed by atoms with Gasteiger partial charge in [0.15, 0.2) is 0 Å². The largest absolute Gasteiger partial charge is 0.444 e. The van der Waals surface area contributed by atoms with Gasteiger partial charge in [-0.1, -0.05) is 21.5 Å². The Hall–Kier alpha value is -0.540. The molecule has 9 heteroatoms. The molecule has 2 amide bonds. The minimum atomic E-state index is -0.413. The number of hydrogen-bond donors (Lipinski definition) is 0. The molecule has 178 valence electrons. The van der Waals surface area contributed by atoms with E-state index in [0.717, 1.165) is 55.3 Å². The van der Waals surface area contributed by atoms with Crippen molar-refractivity contribution in [2.75, 3.05) is 26.2 Å². The Morgan fingerprint density at radius 2 is 1.13 bits per heavy atom. The highest BCUT2D eigenvalue weighted by Gasteiger charge is 2.25. The van der Waals surface area contributed by atoms with E-state index in [1.54, 1.807) is 9.80 Å². The van der Waals surface area contributed by atoms with Gasteiger partial charge in [-0.3, -0.25) is 0 Å². The molecule has 0 saturated carbocycles. The summed E-state index contributed by atoms with van der Waals surface area (Å²) in [5.41, 5.74) is 1.86. The zero-order valence-electron chi connectivity index (χ0n) is 19.4. The maximum absolute atomic E-state index is 11.8. The second-order valence-electron chi connectivity index (χ2n) is 9.57. The van der Waals surface area contributed by atoms with Crippen LogP contribution in [-0.2, 0) is 9.47 Å². The average Bonchev–Trinajstić information content (AvgIpc) is 2.66. The van der Waals surface area contributed by atoms with Gasteiger partial charge in [0.05, 0.1) is 3.39 Å². The van der Waals surface area contributed by atoms with Crippen molar-refractivity contribution >= 4 is 60.0 Å². The second kappa shape index (κ2) is 12.6. The van der Waals surface area contributed by atoms with E-state index in [2.05, 4.69) is 47.8 Å². The molecule has 2 heterocycles. The number of nitrogens with zero attached hydrogens (tertiary/aromatic N) is 2. The van der Waals surface area contributed by atoms with Crippen molar-refractivity contribution < 1.29 is 19.1 Å². The molecule has 0 unspecified atom stereocenters. The van der Waals surface area contributed by atoms with Crippen LogP contribution >= 0.6 is 47.8 Å². The summed E-state index contributed by atoms with van der Waals surface area (Å²) in [6.07, 6.45) is 3.25. The van der Waals surface area contributed by atoms with Gasteiger partial charge < -0.3 is 19.3 Å². The third kappa shape index (κ3) is 11.8. The number of ether oxygens (including phenoxy) is 2. The van der Waals surface area contributed by atoms with E-state index >= 15 is 0 Å². The Morgan fingerprint density at radius 1 is 0.774 bits per heavy atom. The van der Waals surface area contributed by atoms with Gasteiger partial charge >= 0.3 is 12.2 Å². The molecule has 2 aliphatic rings. The van der Waals surface area contributed by atoms with E-state index in [4.69, 9.17) is 9.47 Å². The van der Waals surface area contributed by atoms with Crippen LogP contribution in [0.2, 0.25) is 0 Å². The molecule has 6 nitrogen and oxygen atoms in total. The van der Waals surface area contributed by atoms with Crippen LogP contribution in [0.15, 0.2) is 19.5 Å². The van der Waals surface area contributed by atoms with Crippen LogP contribution in [-0.4, -0.2) is 59.4 Å². The first-order valence-corrected chi connectivity index (χ1v) is 13.0. The maximum atomic E-state index is 11.8. The SMILES string of the molecule is CC(C)(C)OC(=O)N1CCC(=C(Br)Br)CC1.CC(C)(C)OC(=O)N1CCC(=CBr)CC1. The molecule has 31 heavy (non-hydrogen) atoms. The smallest absolute Gasteiger partial charge is 0.410 e. The van der Waals surface area contributed by atoms with Crippen LogP contribution in [0.1, 0.15) is 67.2 Å². The van der Waals surface area contributed by atoms with Gasteiger partial charge in [0.25, 0.3) is 0 Å². The summed E-state index contributed by atoms with van der Waals surface area (Å²) in [6, 6.07) is 0. The predicted octanol–water partition coefficient (Wildman–Crippen LogP) is 7.31. The van der Waals surface area contributed by atoms with Crippen molar-refractivity contribution in [2.24, 2.45) is 0 Å². The molecule has 0 aromatic rings. The number of halogens is 3. The Bertz CT molecular complexity index is 670. The quantitative estimate of drug-likeness (QED) is 0.282. The molecule has 0 spiro atoms. The molecular formula is C22H35Br3N2O4. The fourth-order valence-corrected chi connectivity index (χ4v) is 4.14. The standard InChI is InChI=1S/C11H17Br2NO2.C11H18BrNO2/c1-11(2,3)16-10(15)14-6-4-8(5-7-14)9(12)13;1-11(2,3)15-10(14)13-6-4-9(8-12)5-7-13/h4-7H2,1-3H3;8H,4-7H2,1-3H3. The summed E-state index contributed by atoms with van der Waals surface area (Å²) in [7, 11) is 0. The van der Waals surface area contributed by atoms with Crippen LogP contribution in [0, 0.1) is 0 Å². The Morgan fingerprint density at radius 3 is 1.42 bits per heavy atom. The van der Waals surface area contributed by atoms with Crippen LogP contribution in [0.5, 0.6) is 0 Å². The number of rotatable bonds is 0. The lowest BCUT2D eigenvalue weighted by atomic mass is 10.1. The minimum Gasteiger partial charge on any atom is -0.444 e. The van der Waals surface area contributed by atoms with E-state index in [-0.39, 0.29) is 12.2 Å². The van der Waals surface area contributed by atoms with Gasteiger partial charge in [0, 0.05) is 26.2 Å². The normalized spacial score (nSPS) is 17.5. The van der Waals surface area contributed by atoms with Crippen molar-refractivity contribution in [1.29, 1.82) is 0 Å². The fourth-order valence-electron chi connectivity index (χ4n) is 2.89. The Balaban J connectivity index is 0.000000311. The average molecular weight is 631 g/mol. The number of hydrogen-bond acceptors (Lipinski definition) is 4. The summed E-state index contributed by atoms with van der Waals surface area (Å²) in [4.78, 5) is 28.9. The number of amides is 2. The zero-order chi connectivity index (χ0) is 23.8. The molecule has 0 atom stereocenters. The number of carbonyl (C=O) groups excluding carboxylic acids is 2. The molecule has 0 radical (unpaired) electrons. The summed E-state index contributed by atoms with van der Waals surface area (Å²) < 4.78 is 11.6.